The predicted molar refractivity (Wildman–Crippen MR) is 107 cm³/mol. The highest BCUT2D eigenvalue weighted by Gasteiger charge is 2.22. The lowest BCUT2D eigenvalue weighted by atomic mass is 10.2. The first kappa shape index (κ1) is 18.1. The fraction of sp³-hybridized carbons (Fsp3) is 0.316. The molecule has 0 spiro atoms. The molecule has 2 aromatic carbocycles. The molecule has 0 bridgehead atoms. The van der Waals surface area contributed by atoms with Crippen LogP contribution in [0.1, 0.15) is 0 Å². The highest BCUT2D eigenvalue weighted by molar-refractivity contribution is 6.42. The van der Waals surface area contributed by atoms with Gasteiger partial charge in [0.1, 0.15) is 13.2 Å². The van der Waals surface area contributed by atoms with Crippen molar-refractivity contribution in [2.75, 3.05) is 49.6 Å². The molecule has 2 aromatic rings. The molecule has 2 aliphatic rings. The van der Waals surface area contributed by atoms with E-state index in [1.807, 2.05) is 24.3 Å². The van der Waals surface area contributed by atoms with Crippen LogP contribution in [0.2, 0.25) is 10.0 Å². The summed E-state index contributed by atoms with van der Waals surface area (Å²) < 4.78 is 11.1. The Bertz CT molecular complexity index is 854. The van der Waals surface area contributed by atoms with E-state index < -0.39 is 0 Å². The van der Waals surface area contributed by atoms with E-state index in [4.69, 9.17) is 32.7 Å². The molecule has 1 fully saturated rings. The van der Waals surface area contributed by atoms with E-state index in [1.165, 1.54) is 0 Å². The minimum Gasteiger partial charge on any atom is -0.486 e. The van der Waals surface area contributed by atoms with E-state index in [0.29, 0.717) is 53.5 Å². The molecular weight excluding hydrogens is 389 g/mol. The number of anilines is 2. The Labute approximate surface area is 167 Å². The second-order valence-electron chi connectivity index (χ2n) is 6.36. The van der Waals surface area contributed by atoms with Gasteiger partial charge in [-0.3, -0.25) is 0 Å². The number of hydrogen-bond donors (Lipinski definition) is 1. The number of nitrogens with zero attached hydrogens (tertiary/aromatic N) is 2. The zero-order chi connectivity index (χ0) is 18.8. The topological polar surface area (TPSA) is 54.0 Å². The number of piperazine rings is 1. The fourth-order valence-corrected chi connectivity index (χ4v) is 3.47. The van der Waals surface area contributed by atoms with Crippen LogP contribution in [0.25, 0.3) is 0 Å². The first-order chi connectivity index (χ1) is 13.1. The third kappa shape index (κ3) is 4.01. The van der Waals surface area contributed by atoms with Crippen LogP contribution in [-0.4, -0.2) is 50.3 Å². The third-order valence-electron chi connectivity index (χ3n) is 4.63. The van der Waals surface area contributed by atoms with E-state index in [2.05, 4.69) is 10.2 Å². The number of amides is 2. The maximum Gasteiger partial charge on any atom is 0.321 e. The Morgan fingerprint density at radius 2 is 1.63 bits per heavy atom. The quantitative estimate of drug-likeness (QED) is 0.813. The van der Waals surface area contributed by atoms with Gasteiger partial charge in [-0.25, -0.2) is 4.79 Å². The van der Waals surface area contributed by atoms with Crippen LogP contribution in [0.15, 0.2) is 36.4 Å². The van der Waals surface area contributed by atoms with Gasteiger partial charge >= 0.3 is 6.03 Å². The molecule has 0 radical (unpaired) electrons. The van der Waals surface area contributed by atoms with Gasteiger partial charge in [0, 0.05) is 43.6 Å². The van der Waals surface area contributed by atoms with Gasteiger partial charge in [0.2, 0.25) is 0 Å². The van der Waals surface area contributed by atoms with Crippen molar-refractivity contribution in [1.82, 2.24) is 4.90 Å². The summed E-state index contributed by atoms with van der Waals surface area (Å²) >= 11 is 12.1. The van der Waals surface area contributed by atoms with Crippen molar-refractivity contribution >= 4 is 40.6 Å². The van der Waals surface area contributed by atoms with Crippen LogP contribution in [0.5, 0.6) is 11.5 Å². The standard InChI is InChI=1S/C19H19Cl2N3O3/c20-15-3-2-14(12-16(15)21)23-5-7-24(8-6-23)19(25)22-13-1-4-17-18(11-13)27-10-9-26-17/h1-4,11-12H,5-10H2,(H,22,25). The molecule has 2 heterocycles. The Morgan fingerprint density at radius 1 is 0.889 bits per heavy atom. The minimum absolute atomic E-state index is 0.125. The van der Waals surface area contributed by atoms with E-state index in [1.54, 1.807) is 17.0 Å². The van der Waals surface area contributed by atoms with E-state index >= 15 is 0 Å². The van der Waals surface area contributed by atoms with Crippen LogP contribution < -0.4 is 19.7 Å². The number of benzene rings is 2. The summed E-state index contributed by atoms with van der Waals surface area (Å²) in [6, 6.07) is 10.9. The molecule has 0 aliphatic carbocycles. The Balaban J connectivity index is 1.35. The average Bonchev–Trinajstić information content (AvgIpc) is 2.70. The van der Waals surface area contributed by atoms with Gasteiger partial charge in [0.25, 0.3) is 0 Å². The number of nitrogens with one attached hydrogen (secondary N) is 1. The number of ether oxygens (including phenoxy) is 2. The highest BCUT2D eigenvalue weighted by Crippen LogP contribution is 2.33. The third-order valence-corrected chi connectivity index (χ3v) is 5.37. The highest BCUT2D eigenvalue weighted by atomic mass is 35.5. The lowest BCUT2D eigenvalue weighted by Crippen LogP contribution is -2.50. The van der Waals surface area contributed by atoms with Crippen molar-refractivity contribution in [1.29, 1.82) is 0 Å². The molecular formula is C19H19Cl2N3O3. The zero-order valence-electron chi connectivity index (χ0n) is 14.6. The smallest absolute Gasteiger partial charge is 0.321 e. The molecule has 1 N–H and O–H groups in total. The van der Waals surface area contributed by atoms with Crippen molar-refractivity contribution in [2.45, 2.75) is 0 Å². The summed E-state index contributed by atoms with van der Waals surface area (Å²) in [5, 5.41) is 4.00. The summed E-state index contributed by atoms with van der Waals surface area (Å²) in [5.41, 5.74) is 1.70. The fourth-order valence-electron chi connectivity index (χ4n) is 3.17. The SMILES string of the molecule is O=C(Nc1ccc2c(c1)OCCO2)N1CCN(c2ccc(Cl)c(Cl)c2)CC1. The normalized spacial score (nSPS) is 16.2. The maximum absolute atomic E-state index is 12.6. The van der Waals surface area contributed by atoms with Gasteiger partial charge in [-0.2, -0.15) is 0 Å². The predicted octanol–water partition coefficient (Wildman–Crippen LogP) is 4.12. The Kier molecular flexibility index (Phi) is 5.18. The average molecular weight is 408 g/mol. The number of fused-ring (bicyclic) bond motifs is 1. The van der Waals surface area contributed by atoms with Crippen LogP contribution in [0.3, 0.4) is 0 Å². The van der Waals surface area contributed by atoms with Crippen molar-refractivity contribution in [2.24, 2.45) is 0 Å². The molecule has 8 heteroatoms. The molecule has 1 saturated heterocycles. The van der Waals surface area contributed by atoms with Gasteiger partial charge < -0.3 is 24.6 Å². The first-order valence-electron chi connectivity index (χ1n) is 8.76. The van der Waals surface area contributed by atoms with Crippen LogP contribution in [0, 0.1) is 0 Å². The van der Waals surface area contributed by atoms with Gasteiger partial charge in [-0.1, -0.05) is 23.2 Å². The summed E-state index contributed by atoms with van der Waals surface area (Å²) in [7, 11) is 0. The number of urea groups is 1. The largest absolute Gasteiger partial charge is 0.486 e. The van der Waals surface area contributed by atoms with Gasteiger partial charge in [0.15, 0.2) is 11.5 Å². The van der Waals surface area contributed by atoms with Gasteiger partial charge in [0.05, 0.1) is 10.0 Å². The van der Waals surface area contributed by atoms with Crippen LogP contribution >= 0.6 is 23.2 Å². The van der Waals surface area contributed by atoms with Crippen molar-refractivity contribution in [3.63, 3.8) is 0 Å². The number of hydrogen-bond acceptors (Lipinski definition) is 4. The minimum atomic E-state index is -0.125. The number of halogens is 2. The molecule has 27 heavy (non-hydrogen) atoms. The number of rotatable bonds is 2. The lowest BCUT2D eigenvalue weighted by Gasteiger charge is -2.36. The Hall–Kier alpha value is -2.31. The second-order valence-corrected chi connectivity index (χ2v) is 7.18. The molecule has 2 aliphatic heterocycles. The van der Waals surface area contributed by atoms with E-state index in [0.717, 1.165) is 18.8 Å². The first-order valence-corrected chi connectivity index (χ1v) is 9.51. The molecule has 142 valence electrons. The summed E-state index contributed by atoms with van der Waals surface area (Å²) in [6.45, 7) is 3.76. The number of carbonyl (C=O) groups is 1. The zero-order valence-corrected chi connectivity index (χ0v) is 16.1. The molecule has 2 amide bonds. The van der Waals surface area contributed by atoms with Crippen LogP contribution in [0.4, 0.5) is 16.2 Å². The van der Waals surface area contributed by atoms with Gasteiger partial charge in [-0.05, 0) is 30.3 Å². The molecule has 0 saturated carbocycles. The molecule has 0 aromatic heterocycles. The van der Waals surface area contributed by atoms with Crippen LogP contribution in [-0.2, 0) is 0 Å². The molecule has 4 rings (SSSR count). The van der Waals surface area contributed by atoms with Crippen molar-refractivity contribution < 1.29 is 14.3 Å². The second kappa shape index (κ2) is 7.74. The summed E-state index contributed by atoms with van der Waals surface area (Å²) in [4.78, 5) is 16.6. The molecule has 0 unspecified atom stereocenters. The molecule has 6 nitrogen and oxygen atoms in total. The number of carbonyl (C=O) groups excluding carboxylic acids is 1. The Morgan fingerprint density at radius 3 is 2.37 bits per heavy atom. The maximum atomic E-state index is 12.6. The van der Waals surface area contributed by atoms with E-state index in [9.17, 15) is 4.79 Å². The van der Waals surface area contributed by atoms with Crippen molar-refractivity contribution in [3.05, 3.63) is 46.4 Å². The van der Waals surface area contributed by atoms with Gasteiger partial charge in [-0.15, -0.1) is 0 Å². The summed E-state index contributed by atoms with van der Waals surface area (Å²) in [5.74, 6) is 1.36. The summed E-state index contributed by atoms with van der Waals surface area (Å²) in [6.07, 6.45) is 0. The van der Waals surface area contributed by atoms with Crippen molar-refractivity contribution in [3.8, 4) is 11.5 Å². The van der Waals surface area contributed by atoms with E-state index in [-0.39, 0.29) is 6.03 Å². The lowest BCUT2D eigenvalue weighted by molar-refractivity contribution is 0.171. The monoisotopic (exact) mass is 407 g/mol. The molecule has 0 atom stereocenters.